The van der Waals surface area contributed by atoms with Gasteiger partial charge in [-0.2, -0.15) is 0 Å². The second-order valence-electron chi connectivity index (χ2n) is 10.3. The topological polar surface area (TPSA) is 105 Å². The molecule has 9 heteroatoms. The summed E-state index contributed by atoms with van der Waals surface area (Å²) in [5.74, 6) is -3.02. The SMILES string of the molecule is CCOC(=O)[C@H]1[C@H]2C(=O)N([C@@H](CO)[C@@H](C)CC)C(C(=O)Nc3c(C)cccc3Cl)C23CC[C@]1(C)O3. The normalized spacial score (nSPS) is 32.9. The molecule has 4 rings (SSSR count). The van der Waals surface area contributed by atoms with Gasteiger partial charge in [-0.05, 0) is 51.2 Å². The van der Waals surface area contributed by atoms with Crippen LogP contribution in [0, 0.1) is 24.7 Å². The molecule has 8 nitrogen and oxygen atoms in total. The van der Waals surface area contributed by atoms with Crippen LogP contribution in [0.3, 0.4) is 0 Å². The summed E-state index contributed by atoms with van der Waals surface area (Å²) in [7, 11) is 0. The highest BCUT2D eigenvalue weighted by Crippen LogP contribution is 2.63. The van der Waals surface area contributed by atoms with Crippen molar-refractivity contribution in [2.75, 3.05) is 18.5 Å². The van der Waals surface area contributed by atoms with Gasteiger partial charge in [-0.3, -0.25) is 14.4 Å². The number of hydrogen-bond donors (Lipinski definition) is 2. The highest BCUT2D eigenvalue weighted by atomic mass is 35.5. The van der Waals surface area contributed by atoms with E-state index in [0.29, 0.717) is 30.0 Å². The third-order valence-electron chi connectivity index (χ3n) is 8.32. The summed E-state index contributed by atoms with van der Waals surface area (Å²) >= 11 is 6.39. The van der Waals surface area contributed by atoms with Crippen LogP contribution in [0.4, 0.5) is 5.69 Å². The van der Waals surface area contributed by atoms with Crippen molar-refractivity contribution in [2.45, 2.75) is 77.2 Å². The van der Waals surface area contributed by atoms with Gasteiger partial charge in [-0.25, -0.2) is 0 Å². The molecule has 1 aromatic carbocycles. The third-order valence-corrected chi connectivity index (χ3v) is 8.63. The Hall–Kier alpha value is -2.16. The summed E-state index contributed by atoms with van der Waals surface area (Å²) < 4.78 is 11.9. The fourth-order valence-electron chi connectivity index (χ4n) is 6.41. The van der Waals surface area contributed by atoms with Crippen molar-refractivity contribution in [2.24, 2.45) is 17.8 Å². The molecule has 0 aliphatic carbocycles. The molecule has 2 unspecified atom stereocenters. The van der Waals surface area contributed by atoms with Crippen LogP contribution in [0.1, 0.15) is 52.5 Å². The van der Waals surface area contributed by atoms with Crippen LogP contribution < -0.4 is 5.32 Å². The number of nitrogens with zero attached hydrogens (tertiary/aromatic N) is 1. The van der Waals surface area contributed by atoms with Crippen LogP contribution in [0.15, 0.2) is 18.2 Å². The van der Waals surface area contributed by atoms with E-state index in [9.17, 15) is 19.5 Å². The van der Waals surface area contributed by atoms with E-state index in [-0.39, 0.29) is 25.0 Å². The second kappa shape index (κ2) is 9.37. The summed E-state index contributed by atoms with van der Waals surface area (Å²) in [4.78, 5) is 42.6. The number of carbonyl (C=O) groups excluding carboxylic acids is 3. The molecule has 3 saturated heterocycles. The average molecular weight is 507 g/mol. The first kappa shape index (κ1) is 25.9. The number of aryl methyl sites for hydroxylation is 1. The number of para-hydroxylation sites is 1. The zero-order valence-corrected chi connectivity index (χ0v) is 21.7. The Kier molecular flexibility index (Phi) is 6.94. The third kappa shape index (κ3) is 3.85. The Morgan fingerprint density at radius 2 is 2.06 bits per heavy atom. The minimum absolute atomic E-state index is 0.0784. The van der Waals surface area contributed by atoms with Gasteiger partial charge in [0.2, 0.25) is 11.8 Å². The maximum Gasteiger partial charge on any atom is 0.312 e. The van der Waals surface area contributed by atoms with Gasteiger partial charge in [0.25, 0.3) is 0 Å². The minimum Gasteiger partial charge on any atom is -0.466 e. The largest absolute Gasteiger partial charge is 0.466 e. The monoisotopic (exact) mass is 506 g/mol. The lowest BCUT2D eigenvalue weighted by atomic mass is 9.66. The first-order chi connectivity index (χ1) is 16.6. The first-order valence-corrected chi connectivity index (χ1v) is 12.8. The summed E-state index contributed by atoms with van der Waals surface area (Å²) in [5, 5.41) is 13.7. The summed E-state index contributed by atoms with van der Waals surface area (Å²) in [6.07, 6.45) is 1.67. The van der Waals surface area contributed by atoms with E-state index in [1.54, 1.807) is 19.1 Å². The van der Waals surface area contributed by atoms with Gasteiger partial charge < -0.3 is 24.8 Å². The maximum absolute atomic E-state index is 14.1. The number of anilines is 1. The van der Waals surface area contributed by atoms with Crippen molar-refractivity contribution in [1.82, 2.24) is 4.90 Å². The number of carbonyl (C=O) groups is 3. The molecule has 3 fully saturated rings. The Balaban J connectivity index is 1.82. The lowest BCUT2D eigenvalue weighted by molar-refractivity contribution is -0.160. The summed E-state index contributed by atoms with van der Waals surface area (Å²) in [5.41, 5.74) is -0.841. The van der Waals surface area contributed by atoms with Gasteiger partial charge in [-0.15, -0.1) is 0 Å². The van der Waals surface area contributed by atoms with Gasteiger partial charge >= 0.3 is 5.97 Å². The van der Waals surface area contributed by atoms with Crippen LogP contribution >= 0.6 is 11.6 Å². The number of nitrogens with one attached hydrogen (secondary N) is 1. The molecule has 0 saturated carbocycles. The van der Waals surface area contributed by atoms with Crippen LogP contribution in [0.25, 0.3) is 0 Å². The Labute approximate surface area is 211 Å². The van der Waals surface area contributed by atoms with Gasteiger partial charge in [-0.1, -0.05) is 44.0 Å². The minimum atomic E-state index is -1.19. The number of aliphatic hydroxyl groups is 1. The summed E-state index contributed by atoms with van der Waals surface area (Å²) in [6.45, 7) is 9.18. The lowest BCUT2D eigenvalue weighted by Crippen LogP contribution is -2.57. The number of amides is 2. The van der Waals surface area contributed by atoms with Gasteiger partial charge in [0.15, 0.2) is 0 Å². The number of rotatable bonds is 8. The maximum atomic E-state index is 14.1. The molecule has 1 spiro atoms. The number of ether oxygens (including phenoxy) is 2. The van der Waals surface area contributed by atoms with E-state index in [1.165, 1.54) is 4.90 Å². The molecule has 35 heavy (non-hydrogen) atoms. The van der Waals surface area contributed by atoms with Crippen molar-refractivity contribution in [1.29, 1.82) is 0 Å². The Morgan fingerprint density at radius 3 is 2.66 bits per heavy atom. The first-order valence-electron chi connectivity index (χ1n) is 12.4. The van der Waals surface area contributed by atoms with E-state index >= 15 is 0 Å². The Morgan fingerprint density at radius 1 is 1.34 bits per heavy atom. The van der Waals surface area contributed by atoms with Crippen molar-refractivity contribution < 1.29 is 29.0 Å². The Bertz CT molecular complexity index is 1010. The molecule has 3 aliphatic rings. The molecule has 0 aromatic heterocycles. The number of benzene rings is 1. The molecule has 3 aliphatic heterocycles. The van der Waals surface area contributed by atoms with Gasteiger partial charge in [0, 0.05) is 0 Å². The number of aliphatic hydroxyl groups excluding tert-OH is 1. The predicted molar refractivity (Wildman–Crippen MR) is 131 cm³/mol. The fraction of sp³-hybridized carbons (Fsp3) is 0.654. The number of likely N-dealkylation sites (tertiary alicyclic amines) is 1. The fourth-order valence-corrected chi connectivity index (χ4v) is 6.68. The second-order valence-corrected chi connectivity index (χ2v) is 10.7. The predicted octanol–water partition coefficient (Wildman–Crippen LogP) is 3.32. The quantitative estimate of drug-likeness (QED) is 0.524. The van der Waals surface area contributed by atoms with Crippen LogP contribution in [0.2, 0.25) is 5.02 Å². The lowest BCUT2D eigenvalue weighted by Gasteiger charge is -2.39. The van der Waals surface area contributed by atoms with Crippen molar-refractivity contribution in [3.8, 4) is 0 Å². The molecule has 0 radical (unpaired) electrons. The van der Waals surface area contributed by atoms with E-state index < -0.39 is 47.0 Å². The smallest absolute Gasteiger partial charge is 0.312 e. The zero-order valence-electron chi connectivity index (χ0n) is 21.0. The average Bonchev–Trinajstić information content (AvgIpc) is 3.38. The molecule has 2 N–H and O–H groups in total. The molecular weight excluding hydrogens is 472 g/mol. The highest BCUT2D eigenvalue weighted by molar-refractivity contribution is 6.34. The standard InChI is InChI=1S/C26H35ClN2O6/c1-6-14(3)17(13-30)29-21(22(31)28-20-15(4)9-8-10-16(20)27)26-12-11-25(5,35-26)19(18(26)23(29)32)24(33)34-7-2/h8-10,14,17-19,21,30H,6-7,11-13H2,1-5H3,(H,28,31)/t14-,17-,18-,19+,21?,25-,26?/m0/s1. The number of esters is 1. The van der Waals surface area contributed by atoms with E-state index in [4.69, 9.17) is 21.1 Å². The molecule has 7 atom stereocenters. The van der Waals surface area contributed by atoms with Gasteiger partial charge in [0.05, 0.1) is 41.5 Å². The van der Waals surface area contributed by atoms with Crippen LogP contribution in [-0.2, 0) is 23.9 Å². The van der Waals surface area contributed by atoms with Crippen molar-refractivity contribution in [3.63, 3.8) is 0 Å². The van der Waals surface area contributed by atoms with Crippen LogP contribution in [-0.4, -0.2) is 64.3 Å². The summed E-state index contributed by atoms with van der Waals surface area (Å²) in [6, 6.07) is 3.70. The zero-order chi connectivity index (χ0) is 25.7. The number of hydrogen-bond acceptors (Lipinski definition) is 6. The molecular formula is C26H35ClN2O6. The molecule has 1 aromatic rings. The number of halogens is 1. The molecule has 2 bridgehead atoms. The van der Waals surface area contributed by atoms with Crippen LogP contribution in [0.5, 0.6) is 0 Å². The van der Waals surface area contributed by atoms with E-state index in [1.807, 2.05) is 33.8 Å². The van der Waals surface area contributed by atoms with Crippen molar-refractivity contribution in [3.05, 3.63) is 28.8 Å². The van der Waals surface area contributed by atoms with Gasteiger partial charge in [0.1, 0.15) is 17.6 Å². The highest BCUT2D eigenvalue weighted by Gasteiger charge is 2.79. The molecule has 192 valence electrons. The van der Waals surface area contributed by atoms with E-state index in [0.717, 1.165) is 5.56 Å². The molecule has 2 amide bonds. The number of fused-ring (bicyclic) bond motifs is 1. The van der Waals surface area contributed by atoms with E-state index in [2.05, 4.69) is 5.32 Å². The molecule has 3 heterocycles. The van der Waals surface area contributed by atoms with Crippen molar-refractivity contribution >= 4 is 35.1 Å².